The van der Waals surface area contributed by atoms with Crippen LogP contribution in [0.2, 0.25) is 0 Å². The Balaban J connectivity index is 1.29. The average molecular weight is 481 g/mol. The molecule has 1 aromatic heterocycles. The van der Waals surface area contributed by atoms with Gasteiger partial charge in [-0.1, -0.05) is 30.3 Å². The molecule has 2 aromatic carbocycles. The molecule has 2 amide bonds. The lowest BCUT2D eigenvalue weighted by molar-refractivity contribution is -0.116. The number of rotatable bonds is 6. The standard InChI is InChI=1S/C24H24FN5O5/c25-19-14-18(6-7-20(19)26-22(32)15-30-9-8-21(31)27-23(30)33)28-10-12-29(13-11-28)24(34)35-16-17-4-2-1-3-5-17/h1-9,14H,10-13,15-16H2,(H,26,32)(H,27,31,33). The fourth-order valence-corrected chi connectivity index (χ4v) is 3.67. The van der Waals surface area contributed by atoms with Crippen LogP contribution in [0.3, 0.4) is 0 Å². The van der Waals surface area contributed by atoms with E-state index in [0.29, 0.717) is 31.9 Å². The number of carbonyl (C=O) groups excluding carboxylic acids is 2. The summed E-state index contributed by atoms with van der Waals surface area (Å²) in [5, 5.41) is 2.43. The summed E-state index contributed by atoms with van der Waals surface area (Å²) in [6.07, 6.45) is 0.802. The highest BCUT2D eigenvalue weighted by Gasteiger charge is 2.23. The zero-order valence-corrected chi connectivity index (χ0v) is 18.8. The second kappa shape index (κ2) is 10.7. The molecule has 182 valence electrons. The first-order valence-electron chi connectivity index (χ1n) is 11.0. The van der Waals surface area contributed by atoms with E-state index in [1.54, 1.807) is 11.0 Å². The predicted octanol–water partition coefficient (Wildman–Crippen LogP) is 1.77. The molecule has 0 saturated carbocycles. The van der Waals surface area contributed by atoms with Gasteiger partial charge in [0.1, 0.15) is 19.0 Å². The number of anilines is 2. The van der Waals surface area contributed by atoms with Crippen LogP contribution in [0.15, 0.2) is 70.4 Å². The highest BCUT2D eigenvalue weighted by Crippen LogP contribution is 2.23. The van der Waals surface area contributed by atoms with E-state index in [1.165, 1.54) is 18.3 Å². The molecule has 0 unspecified atom stereocenters. The van der Waals surface area contributed by atoms with E-state index in [-0.39, 0.29) is 24.9 Å². The van der Waals surface area contributed by atoms with Crippen LogP contribution in [-0.4, -0.2) is 52.6 Å². The minimum atomic E-state index is -0.730. The number of halogens is 1. The third-order valence-corrected chi connectivity index (χ3v) is 5.55. The Morgan fingerprint density at radius 1 is 1.00 bits per heavy atom. The second-order valence-electron chi connectivity index (χ2n) is 7.96. The molecule has 1 aliphatic heterocycles. The van der Waals surface area contributed by atoms with Crippen LogP contribution in [-0.2, 0) is 22.7 Å². The molecule has 0 atom stereocenters. The minimum absolute atomic E-state index is 0.0284. The third-order valence-electron chi connectivity index (χ3n) is 5.55. The molecule has 11 heteroatoms. The van der Waals surface area contributed by atoms with E-state index in [9.17, 15) is 23.6 Å². The maximum absolute atomic E-state index is 14.7. The van der Waals surface area contributed by atoms with Gasteiger partial charge in [-0.2, -0.15) is 0 Å². The number of carbonyl (C=O) groups is 2. The molecule has 10 nitrogen and oxygen atoms in total. The Hall–Kier alpha value is -4.41. The summed E-state index contributed by atoms with van der Waals surface area (Å²) in [4.78, 5) is 53.0. The molecule has 0 radical (unpaired) electrons. The van der Waals surface area contributed by atoms with E-state index in [2.05, 4.69) is 5.32 Å². The molecule has 4 rings (SSSR count). The van der Waals surface area contributed by atoms with Crippen LogP contribution in [0, 0.1) is 5.82 Å². The van der Waals surface area contributed by atoms with Crippen molar-refractivity contribution in [2.24, 2.45) is 0 Å². The average Bonchev–Trinajstić information content (AvgIpc) is 2.86. The normalized spacial score (nSPS) is 13.4. The van der Waals surface area contributed by atoms with Gasteiger partial charge in [0, 0.05) is 44.1 Å². The number of nitrogens with one attached hydrogen (secondary N) is 2. The number of H-pyrrole nitrogens is 1. The van der Waals surface area contributed by atoms with Crippen molar-refractivity contribution in [1.82, 2.24) is 14.5 Å². The van der Waals surface area contributed by atoms with E-state index >= 15 is 0 Å². The second-order valence-corrected chi connectivity index (χ2v) is 7.96. The maximum Gasteiger partial charge on any atom is 0.410 e. The number of piperazine rings is 1. The Morgan fingerprint density at radius 3 is 2.43 bits per heavy atom. The van der Waals surface area contributed by atoms with Crippen molar-refractivity contribution in [2.75, 3.05) is 36.4 Å². The van der Waals surface area contributed by atoms with Crippen molar-refractivity contribution in [3.05, 3.63) is 93.0 Å². The summed E-state index contributed by atoms with van der Waals surface area (Å²) in [7, 11) is 0. The van der Waals surface area contributed by atoms with Gasteiger partial charge in [-0.05, 0) is 23.8 Å². The summed E-state index contributed by atoms with van der Waals surface area (Å²) < 4.78 is 21.0. The molecule has 1 aliphatic rings. The molecule has 0 aliphatic carbocycles. The lowest BCUT2D eigenvalue weighted by Gasteiger charge is -2.35. The summed E-state index contributed by atoms with van der Waals surface area (Å²) in [5.41, 5.74) is 0.201. The highest BCUT2D eigenvalue weighted by atomic mass is 19.1. The molecule has 1 fully saturated rings. The molecule has 2 heterocycles. The van der Waals surface area contributed by atoms with Crippen LogP contribution in [0.25, 0.3) is 0 Å². The number of amides is 2. The Bertz CT molecular complexity index is 1320. The molecule has 3 aromatic rings. The van der Waals surface area contributed by atoms with Gasteiger partial charge in [-0.25, -0.2) is 14.0 Å². The first kappa shape index (κ1) is 23.7. The van der Waals surface area contributed by atoms with E-state index in [1.807, 2.05) is 40.2 Å². The van der Waals surface area contributed by atoms with Gasteiger partial charge in [0.05, 0.1) is 5.69 Å². The lowest BCUT2D eigenvalue weighted by atomic mass is 10.2. The topological polar surface area (TPSA) is 117 Å². The fourth-order valence-electron chi connectivity index (χ4n) is 3.67. The number of ether oxygens (including phenoxy) is 1. The number of benzene rings is 2. The first-order chi connectivity index (χ1) is 16.9. The van der Waals surface area contributed by atoms with Crippen LogP contribution < -0.4 is 21.5 Å². The molecule has 35 heavy (non-hydrogen) atoms. The van der Waals surface area contributed by atoms with Crippen molar-refractivity contribution in [3.8, 4) is 0 Å². The Labute approximate surface area is 199 Å². The molecule has 0 bridgehead atoms. The van der Waals surface area contributed by atoms with Gasteiger partial charge >= 0.3 is 11.8 Å². The maximum atomic E-state index is 14.7. The van der Waals surface area contributed by atoms with E-state index in [0.717, 1.165) is 16.2 Å². The third kappa shape index (κ3) is 6.14. The highest BCUT2D eigenvalue weighted by molar-refractivity contribution is 5.90. The first-order valence-corrected chi connectivity index (χ1v) is 11.0. The fraction of sp³-hybridized carbons (Fsp3) is 0.250. The Kier molecular flexibility index (Phi) is 7.24. The number of nitrogens with zero attached hydrogens (tertiary/aromatic N) is 3. The van der Waals surface area contributed by atoms with Gasteiger partial charge in [0.15, 0.2) is 0 Å². The Morgan fingerprint density at radius 2 is 1.74 bits per heavy atom. The summed E-state index contributed by atoms with van der Waals surface area (Å²) in [6, 6.07) is 15.0. The van der Waals surface area contributed by atoms with E-state index in [4.69, 9.17) is 4.74 Å². The van der Waals surface area contributed by atoms with Crippen molar-refractivity contribution in [1.29, 1.82) is 0 Å². The van der Waals surface area contributed by atoms with Crippen molar-refractivity contribution < 1.29 is 18.7 Å². The van der Waals surface area contributed by atoms with Crippen molar-refractivity contribution in [2.45, 2.75) is 13.2 Å². The molecule has 0 spiro atoms. The minimum Gasteiger partial charge on any atom is -0.445 e. The van der Waals surface area contributed by atoms with Crippen molar-refractivity contribution in [3.63, 3.8) is 0 Å². The zero-order chi connectivity index (χ0) is 24.8. The zero-order valence-electron chi connectivity index (χ0n) is 18.8. The summed E-state index contributed by atoms with van der Waals surface area (Å²) in [6.45, 7) is 1.69. The van der Waals surface area contributed by atoms with E-state index < -0.39 is 23.0 Å². The van der Waals surface area contributed by atoms with Gasteiger partial charge in [-0.3, -0.25) is 19.1 Å². The summed E-state index contributed by atoms with van der Waals surface area (Å²) in [5.74, 6) is -1.25. The van der Waals surface area contributed by atoms with Gasteiger partial charge < -0.3 is 19.9 Å². The van der Waals surface area contributed by atoms with Crippen LogP contribution in [0.5, 0.6) is 0 Å². The smallest absolute Gasteiger partial charge is 0.410 e. The molecular formula is C24H24FN5O5. The van der Waals surface area contributed by atoms with Crippen LogP contribution in [0.4, 0.5) is 20.6 Å². The number of hydrogen-bond donors (Lipinski definition) is 2. The molecular weight excluding hydrogens is 457 g/mol. The number of aromatic nitrogens is 2. The number of hydrogen-bond acceptors (Lipinski definition) is 6. The predicted molar refractivity (Wildman–Crippen MR) is 127 cm³/mol. The molecule has 2 N–H and O–H groups in total. The van der Waals surface area contributed by atoms with Crippen LogP contribution in [0.1, 0.15) is 5.56 Å². The van der Waals surface area contributed by atoms with Gasteiger partial charge in [0.25, 0.3) is 5.56 Å². The molecule has 1 saturated heterocycles. The monoisotopic (exact) mass is 481 g/mol. The lowest BCUT2D eigenvalue weighted by Crippen LogP contribution is -2.49. The SMILES string of the molecule is O=C(Cn1ccc(=O)[nH]c1=O)Nc1ccc(N2CCN(C(=O)OCc3ccccc3)CC2)cc1F. The quantitative estimate of drug-likeness (QED) is 0.554. The van der Waals surface area contributed by atoms with Crippen LogP contribution >= 0.6 is 0 Å². The largest absolute Gasteiger partial charge is 0.445 e. The van der Waals surface area contributed by atoms with Crippen molar-refractivity contribution >= 4 is 23.4 Å². The van der Waals surface area contributed by atoms with Gasteiger partial charge in [0.2, 0.25) is 5.91 Å². The number of aromatic amines is 1. The summed E-state index contributed by atoms with van der Waals surface area (Å²) >= 11 is 0. The van der Waals surface area contributed by atoms with Gasteiger partial charge in [-0.15, -0.1) is 0 Å².